The first kappa shape index (κ1) is 19.2. The molecule has 3 N–H and O–H groups in total. The molecule has 0 atom stereocenters. The molecule has 138 valence electrons. The standard InChI is InChI=1S/C19H22FN3O3/c1-13(2)22-19(25)23-16-7-3-14(4-8-16)11-21-18(24)12-26-17-9-5-15(20)6-10-17/h3-10,13H,11-12H2,1-2H3,(H,21,24)(H2,22,23,25). The van der Waals surface area contributed by atoms with E-state index in [9.17, 15) is 14.0 Å². The van der Waals surface area contributed by atoms with Crippen molar-refractivity contribution in [3.05, 3.63) is 59.9 Å². The van der Waals surface area contributed by atoms with Crippen LogP contribution in [0, 0.1) is 5.82 Å². The zero-order valence-corrected chi connectivity index (χ0v) is 14.7. The molecular weight excluding hydrogens is 337 g/mol. The zero-order valence-electron chi connectivity index (χ0n) is 14.7. The zero-order chi connectivity index (χ0) is 18.9. The third kappa shape index (κ3) is 6.80. The summed E-state index contributed by atoms with van der Waals surface area (Å²) in [7, 11) is 0. The van der Waals surface area contributed by atoms with Crippen molar-refractivity contribution >= 4 is 17.6 Å². The molecule has 0 spiro atoms. The van der Waals surface area contributed by atoms with E-state index in [1.807, 2.05) is 26.0 Å². The molecule has 2 aromatic carbocycles. The van der Waals surface area contributed by atoms with Crippen molar-refractivity contribution in [1.29, 1.82) is 0 Å². The molecule has 3 amide bonds. The van der Waals surface area contributed by atoms with Gasteiger partial charge in [0.05, 0.1) is 0 Å². The van der Waals surface area contributed by atoms with Crippen LogP contribution in [-0.2, 0) is 11.3 Å². The smallest absolute Gasteiger partial charge is 0.319 e. The maximum absolute atomic E-state index is 12.8. The number of carbonyl (C=O) groups is 2. The van der Waals surface area contributed by atoms with Crippen molar-refractivity contribution in [3.8, 4) is 5.75 Å². The highest BCUT2D eigenvalue weighted by Crippen LogP contribution is 2.11. The SMILES string of the molecule is CC(C)NC(=O)Nc1ccc(CNC(=O)COc2ccc(F)cc2)cc1. The minimum Gasteiger partial charge on any atom is -0.484 e. The summed E-state index contributed by atoms with van der Waals surface area (Å²) < 4.78 is 18.1. The average molecular weight is 359 g/mol. The van der Waals surface area contributed by atoms with Crippen LogP contribution >= 0.6 is 0 Å². The summed E-state index contributed by atoms with van der Waals surface area (Å²) >= 11 is 0. The Morgan fingerprint density at radius 1 is 1.04 bits per heavy atom. The molecule has 0 fully saturated rings. The number of rotatable bonds is 7. The van der Waals surface area contributed by atoms with E-state index in [2.05, 4.69) is 16.0 Å². The summed E-state index contributed by atoms with van der Waals surface area (Å²) in [6.45, 7) is 3.95. The third-order valence-corrected chi connectivity index (χ3v) is 3.30. The Labute approximate surface area is 151 Å². The van der Waals surface area contributed by atoms with Crippen LogP contribution < -0.4 is 20.7 Å². The minimum atomic E-state index is -0.360. The lowest BCUT2D eigenvalue weighted by Gasteiger charge is -2.11. The number of nitrogens with one attached hydrogen (secondary N) is 3. The first-order valence-electron chi connectivity index (χ1n) is 8.24. The second-order valence-corrected chi connectivity index (χ2v) is 5.97. The molecule has 0 radical (unpaired) electrons. The van der Waals surface area contributed by atoms with Crippen LogP contribution in [0.25, 0.3) is 0 Å². The summed E-state index contributed by atoms with van der Waals surface area (Å²) in [6.07, 6.45) is 0. The van der Waals surface area contributed by atoms with Gasteiger partial charge in [0.1, 0.15) is 11.6 Å². The Hall–Kier alpha value is -3.09. The Morgan fingerprint density at radius 3 is 2.31 bits per heavy atom. The maximum Gasteiger partial charge on any atom is 0.319 e. The van der Waals surface area contributed by atoms with E-state index in [0.717, 1.165) is 5.56 Å². The Kier molecular flexibility index (Phi) is 6.96. The number of anilines is 1. The fraction of sp³-hybridized carbons (Fsp3) is 0.263. The molecule has 0 heterocycles. The van der Waals surface area contributed by atoms with Gasteiger partial charge < -0.3 is 20.7 Å². The van der Waals surface area contributed by atoms with Gasteiger partial charge in [-0.15, -0.1) is 0 Å². The van der Waals surface area contributed by atoms with E-state index in [-0.39, 0.29) is 30.4 Å². The Bertz CT molecular complexity index is 731. The first-order valence-corrected chi connectivity index (χ1v) is 8.24. The lowest BCUT2D eigenvalue weighted by molar-refractivity contribution is -0.123. The van der Waals surface area contributed by atoms with E-state index in [1.165, 1.54) is 24.3 Å². The number of ether oxygens (including phenoxy) is 1. The van der Waals surface area contributed by atoms with E-state index < -0.39 is 0 Å². The van der Waals surface area contributed by atoms with Crippen molar-refractivity contribution in [2.75, 3.05) is 11.9 Å². The maximum atomic E-state index is 12.8. The highest BCUT2D eigenvalue weighted by Gasteiger charge is 2.05. The summed E-state index contributed by atoms with van der Waals surface area (Å²) in [4.78, 5) is 23.4. The molecule has 0 aromatic heterocycles. The van der Waals surface area contributed by atoms with Crippen LogP contribution in [0.1, 0.15) is 19.4 Å². The van der Waals surface area contributed by atoms with Gasteiger partial charge in [-0.2, -0.15) is 0 Å². The molecule has 6 nitrogen and oxygen atoms in total. The van der Waals surface area contributed by atoms with E-state index in [1.54, 1.807) is 12.1 Å². The second-order valence-electron chi connectivity index (χ2n) is 5.97. The van der Waals surface area contributed by atoms with Crippen molar-refractivity contribution < 1.29 is 18.7 Å². The molecule has 2 rings (SSSR count). The molecule has 7 heteroatoms. The summed E-state index contributed by atoms with van der Waals surface area (Å²) in [6, 6.07) is 12.4. The number of hydrogen-bond donors (Lipinski definition) is 3. The predicted molar refractivity (Wildman–Crippen MR) is 97.5 cm³/mol. The lowest BCUT2D eigenvalue weighted by Crippen LogP contribution is -2.34. The van der Waals surface area contributed by atoms with E-state index in [0.29, 0.717) is 18.0 Å². The quantitative estimate of drug-likeness (QED) is 0.711. The number of amides is 3. The highest BCUT2D eigenvalue weighted by atomic mass is 19.1. The lowest BCUT2D eigenvalue weighted by atomic mass is 10.2. The van der Waals surface area contributed by atoms with Crippen LogP contribution in [-0.4, -0.2) is 24.6 Å². The van der Waals surface area contributed by atoms with Gasteiger partial charge in [0.15, 0.2) is 6.61 Å². The molecular formula is C19H22FN3O3. The number of hydrogen-bond acceptors (Lipinski definition) is 3. The van der Waals surface area contributed by atoms with Crippen molar-refractivity contribution in [1.82, 2.24) is 10.6 Å². The summed E-state index contributed by atoms with van der Waals surface area (Å²) in [5, 5.41) is 8.19. The molecule has 0 aliphatic heterocycles. The predicted octanol–water partition coefficient (Wildman–Crippen LogP) is 3.05. The molecule has 26 heavy (non-hydrogen) atoms. The van der Waals surface area contributed by atoms with Crippen molar-refractivity contribution in [2.45, 2.75) is 26.4 Å². The Morgan fingerprint density at radius 2 is 1.69 bits per heavy atom. The fourth-order valence-electron chi connectivity index (χ4n) is 2.07. The van der Waals surface area contributed by atoms with Crippen molar-refractivity contribution in [3.63, 3.8) is 0 Å². The number of urea groups is 1. The highest BCUT2D eigenvalue weighted by molar-refractivity contribution is 5.89. The normalized spacial score (nSPS) is 10.3. The number of carbonyl (C=O) groups excluding carboxylic acids is 2. The number of halogens is 1. The molecule has 0 bridgehead atoms. The fourth-order valence-corrected chi connectivity index (χ4v) is 2.07. The van der Waals surface area contributed by atoms with Gasteiger partial charge in [-0.1, -0.05) is 12.1 Å². The van der Waals surface area contributed by atoms with Gasteiger partial charge in [-0.25, -0.2) is 9.18 Å². The van der Waals surface area contributed by atoms with Gasteiger partial charge in [-0.3, -0.25) is 4.79 Å². The van der Waals surface area contributed by atoms with Gasteiger partial charge >= 0.3 is 6.03 Å². The molecule has 0 saturated carbocycles. The van der Waals surface area contributed by atoms with Gasteiger partial charge in [0.25, 0.3) is 5.91 Å². The molecule has 0 saturated heterocycles. The van der Waals surface area contributed by atoms with Crippen molar-refractivity contribution in [2.24, 2.45) is 0 Å². The molecule has 0 aliphatic rings. The molecule has 0 aliphatic carbocycles. The molecule has 0 unspecified atom stereocenters. The first-order chi connectivity index (χ1) is 12.4. The average Bonchev–Trinajstić information content (AvgIpc) is 2.60. The van der Waals surface area contributed by atoms with E-state index >= 15 is 0 Å². The van der Waals surface area contributed by atoms with Crippen LogP contribution in [0.15, 0.2) is 48.5 Å². The number of benzene rings is 2. The topological polar surface area (TPSA) is 79.5 Å². The van der Waals surface area contributed by atoms with Gasteiger partial charge in [0, 0.05) is 18.3 Å². The monoisotopic (exact) mass is 359 g/mol. The third-order valence-electron chi connectivity index (χ3n) is 3.30. The van der Waals surface area contributed by atoms with Crippen LogP contribution in [0.3, 0.4) is 0 Å². The summed E-state index contributed by atoms with van der Waals surface area (Å²) in [5.74, 6) is -0.217. The molecule has 2 aromatic rings. The van der Waals surface area contributed by atoms with Crippen LogP contribution in [0.2, 0.25) is 0 Å². The van der Waals surface area contributed by atoms with Crippen LogP contribution in [0.5, 0.6) is 5.75 Å². The summed E-state index contributed by atoms with van der Waals surface area (Å²) in [5.41, 5.74) is 1.55. The van der Waals surface area contributed by atoms with Gasteiger partial charge in [0.2, 0.25) is 0 Å². The van der Waals surface area contributed by atoms with E-state index in [4.69, 9.17) is 4.74 Å². The minimum absolute atomic E-state index is 0.0571. The second kappa shape index (κ2) is 9.41. The Balaban J connectivity index is 1.73. The largest absolute Gasteiger partial charge is 0.484 e. The van der Waals surface area contributed by atoms with Crippen LogP contribution in [0.4, 0.5) is 14.9 Å². The van der Waals surface area contributed by atoms with Gasteiger partial charge in [-0.05, 0) is 55.8 Å².